The maximum atomic E-state index is 12.7. The van der Waals surface area contributed by atoms with Gasteiger partial charge in [0.15, 0.2) is 11.6 Å². The molecule has 3 nitrogen and oxygen atoms in total. The fourth-order valence-corrected chi connectivity index (χ4v) is 1.10. The monoisotopic (exact) mass is 217 g/mol. The molecule has 0 aromatic heterocycles. The van der Waals surface area contributed by atoms with E-state index < -0.39 is 17.7 Å². The highest BCUT2D eigenvalue weighted by Gasteiger charge is 2.03. The minimum Gasteiger partial charge on any atom is -0.394 e. The molecule has 0 radical (unpaired) electrons. The van der Waals surface area contributed by atoms with Gasteiger partial charge in [-0.2, -0.15) is 0 Å². The Hall–Kier alpha value is -1.04. The number of nitrogens with one attached hydrogen (secondary N) is 1. The Bertz CT molecular complexity index is 320. The first-order valence-corrected chi connectivity index (χ1v) is 4.57. The largest absolute Gasteiger partial charge is 0.394 e. The van der Waals surface area contributed by atoms with Crippen LogP contribution in [0.3, 0.4) is 0 Å². The molecular formula is C10H13F2NO2. The van der Waals surface area contributed by atoms with Crippen molar-refractivity contribution in [2.75, 3.05) is 13.2 Å². The van der Waals surface area contributed by atoms with Crippen LogP contribution in [0.4, 0.5) is 8.78 Å². The first-order chi connectivity index (χ1) is 7.13. The third kappa shape index (κ3) is 3.91. The van der Waals surface area contributed by atoms with Gasteiger partial charge < -0.3 is 15.5 Å². The molecule has 0 saturated carbocycles. The zero-order valence-corrected chi connectivity index (χ0v) is 8.08. The van der Waals surface area contributed by atoms with E-state index in [0.29, 0.717) is 12.1 Å². The van der Waals surface area contributed by atoms with E-state index in [1.54, 1.807) is 0 Å². The molecule has 0 bridgehead atoms. The first-order valence-electron chi connectivity index (χ1n) is 4.57. The minimum atomic E-state index is -0.892. The normalized spacial score (nSPS) is 12.8. The fraction of sp³-hybridized carbons (Fsp3) is 0.400. The van der Waals surface area contributed by atoms with Gasteiger partial charge in [0.25, 0.3) is 0 Å². The number of halogens is 2. The van der Waals surface area contributed by atoms with Crippen molar-refractivity contribution in [1.29, 1.82) is 0 Å². The summed E-state index contributed by atoms with van der Waals surface area (Å²) >= 11 is 0. The number of aliphatic hydroxyl groups is 2. The van der Waals surface area contributed by atoms with E-state index in [1.165, 1.54) is 6.07 Å². The summed E-state index contributed by atoms with van der Waals surface area (Å²) in [4.78, 5) is 0. The molecule has 0 aliphatic carbocycles. The molecule has 1 rings (SSSR count). The number of aliphatic hydroxyl groups excluding tert-OH is 2. The molecule has 0 amide bonds. The summed E-state index contributed by atoms with van der Waals surface area (Å²) in [5, 5.41) is 20.3. The molecule has 0 unspecified atom stereocenters. The molecule has 0 heterocycles. The summed E-state index contributed by atoms with van der Waals surface area (Å²) < 4.78 is 25.3. The summed E-state index contributed by atoms with van der Waals surface area (Å²) in [7, 11) is 0. The van der Waals surface area contributed by atoms with Crippen molar-refractivity contribution in [3.8, 4) is 0 Å². The van der Waals surface area contributed by atoms with Crippen molar-refractivity contribution < 1.29 is 19.0 Å². The van der Waals surface area contributed by atoms with Gasteiger partial charge in [-0.3, -0.25) is 0 Å². The summed E-state index contributed by atoms with van der Waals surface area (Å²) in [6.07, 6.45) is -0.838. The van der Waals surface area contributed by atoms with Crippen LogP contribution in [-0.2, 0) is 6.54 Å². The lowest BCUT2D eigenvalue weighted by atomic mass is 10.2. The van der Waals surface area contributed by atoms with E-state index in [0.717, 1.165) is 12.1 Å². The second-order valence-electron chi connectivity index (χ2n) is 3.22. The molecule has 1 atom stereocenters. The average molecular weight is 217 g/mol. The molecule has 1 aromatic rings. The van der Waals surface area contributed by atoms with Crippen LogP contribution in [-0.4, -0.2) is 29.5 Å². The first kappa shape index (κ1) is 12.0. The quantitative estimate of drug-likeness (QED) is 0.669. The van der Waals surface area contributed by atoms with Crippen molar-refractivity contribution in [3.05, 3.63) is 35.4 Å². The topological polar surface area (TPSA) is 52.5 Å². The number of hydrogen-bond donors (Lipinski definition) is 3. The van der Waals surface area contributed by atoms with Gasteiger partial charge in [-0.05, 0) is 17.7 Å². The highest BCUT2D eigenvalue weighted by Crippen LogP contribution is 2.08. The molecule has 5 heteroatoms. The Morgan fingerprint density at radius 2 is 2.00 bits per heavy atom. The molecule has 0 fully saturated rings. The second-order valence-corrected chi connectivity index (χ2v) is 3.22. The van der Waals surface area contributed by atoms with Gasteiger partial charge in [0.2, 0.25) is 0 Å². The minimum absolute atomic E-state index is 0.204. The molecule has 0 saturated heterocycles. The maximum Gasteiger partial charge on any atom is 0.159 e. The van der Waals surface area contributed by atoms with Crippen molar-refractivity contribution in [2.24, 2.45) is 0 Å². The smallest absolute Gasteiger partial charge is 0.159 e. The molecule has 0 aliphatic heterocycles. The van der Waals surface area contributed by atoms with Crippen molar-refractivity contribution in [3.63, 3.8) is 0 Å². The summed E-state index contributed by atoms with van der Waals surface area (Å²) in [5.41, 5.74) is 0.582. The van der Waals surface area contributed by atoms with E-state index in [2.05, 4.69) is 5.32 Å². The molecular weight excluding hydrogens is 204 g/mol. The highest BCUT2D eigenvalue weighted by molar-refractivity contribution is 5.17. The SMILES string of the molecule is OC[C@H](O)CNCc1ccc(F)c(F)c1. The van der Waals surface area contributed by atoms with Gasteiger partial charge in [0, 0.05) is 13.1 Å². The molecule has 1 aromatic carbocycles. The van der Waals surface area contributed by atoms with Crippen LogP contribution in [0.1, 0.15) is 5.56 Å². The lowest BCUT2D eigenvalue weighted by molar-refractivity contribution is 0.0942. The van der Waals surface area contributed by atoms with Crippen LogP contribution >= 0.6 is 0 Å². The Morgan fingerprint density at radius 3 is 2.60 bits per heavy atom. The lowest BCUT2D eigenvalue weighted by Crippen LogP contribution is -2.28. The molecule has 15 heavy (non-hydrogen) atoms. The van der Waals surface area contributed by atoms with Gasteiger partial charge in [0.05, 0.1) is 12.7 Å². The summed E-state index contributed by atoms with van der Waals surface area (Å²) in [5.74, 6) is -1.77. The molecule has 0 spiro atoms. The predicted octanol–water partition coefficient (Wildman–Crippen LogP) is 0.408. The summed E-state index contributed by atoms with van der Waals surface area (Å²) in [6, 6.07) is 3.60. The van der Waals surface area contributed by atoms with Gasteiger partial charge in [-0.15, -0.1) is 0 Å². The van der Waals surface area contributed by atoms with Crippen molar-refractivity contribution >= 4 is 0 Å². The number of hydrogen-bond acceptors (Lipinski definition) is 3. The zero-order valence-electron chi connectivity index (χ0n) is 8.08. The van der Waals surface area contributed by atoms with Crippen LogP contribution < -0.4 is 5.32 Å². The molecule has 0 aliphatic rings. The van der Waals surface area contributed by atoms with Crippen LogP contribution in [0.2, 0.25) is 0 Å². The van der Waals surface area contributed by atoms with Gasteiger partial charge >= 0.3 is 0 Å². The van der Waals surface area contributed by atoms with E-state index >= 15 is 0 Å². The van der Waals surface area contributed by atoms with Crippen LogP contribution in [0, 0.1) is 11.6 Å². The standard InChI is InChI=1S/C10H13F2NO2/c11-9-2-1-7(3-10(9)12)4-13-5-8(15)6-14/h1-3,8,13-15H,4-6H2/t8-/m1/s1. The predicted molar refractivity (Wildman–Crippen MR) is 51.2 cm³/mol. The van der Waals surface area contributed by atoms with Gasteiger partial charge in [-0.25, -0.2) is 8.78 Å². The van der Waals surface area contributed by atoms with Crippen molar-refractivity contribution in [2.45, 2.75) is 12.6 Å². The Morgan fingerprint density at radius 1 is 1.27 bits per heavy atom. The highest BCUT2D eigenvalue weighted by atomic mass is 19.2. The number of rotatable bonds is 5. The van der Waals surface area contributed by atoms with E-state index in [4.69, 9.17) is 10.2 Å². The van der Waals surface area contributed by atoms with E-state index in [9.17, 15) is 8.78 Å². The Labute approximate surface area is 86.4 Å². The van der Waals surface area contributed by atoms with Gasteiger partial charge in [0.1, 0.15) is 0 Å². The third-order valence-corrected chi connectivity index (χ3v) is 1.90. The summed E-state index contributed by atoms with van der Waals surface area (Å²) in [6.45, 7) is 0.189. The maximum absolute atomic E-state index is 12.7. The molecule has 84 valence electrons. The van der Waals surface area contributed by atoms with Crippen molar-refractivity contribution in [1.82, 2.24) is 5.32 Å². The van der Waals surface area contributed by atoms with Gasteiger partial charge in [-0.1, -0.05) is 6.07 Å². The number of benzene rings is 1. The van der Waals surface area contributed by atoms with Crippen LogP contribution in [0.25, 0.3) is 0 Å². The Kier molecular flexibility index (Phi) is 4.61. The second kappa shape index (κ2) is 5.75. The van der Waals surface area contributed by atoms with Crippen LogP contribution in [0.15, 0.2) is 18.2 Å². The third-order valence-electron chi connectivity index (χ3n) is 1.90. The lowest BCUT2D eigenvalue weighted by Gasteiger charge is -2.08. The fourth-order valence-electron chi connectivity index (χ4n) is 1.10. The van der Waals surface area contributed by atoms with E-state index in [-0.39, 0.29) is 13.2 Å². The van der Waals surface area contributed by atoms with E-state index in [1.807, 2.05) is 0 Å². The Balaban J connectivity index is 2.41. The molecule has 3 N–H and O–H groups in total. The average Bonchev–Trinajstić information content (AvgIpc) is 2.23. The van der Waals surface area contributed by atoms with Crippen LogP contribution in [0.5, 0.6) is 0 Å². The zero-order chi connectivity index (χ0) is 11.3.